The Morgan fingerprint density at radius 1 is 1.03 bits per heavy atom. The fourth-order valence-corrected chi connectivity index (χ4v) is 5.03. The van der Waals surface area contributed by atoms with Crippen LogP contribution in [0.3, 0.4) is 0 Å². The van der Waals surface area contributed by atoms with E-state index < -0.39 is 16.0 Å². The summed E-state index contributed by atoms with van der Waals surface area (Å²) in [4.78, 5) is 10.9. The second-order valence-electron chi connectivity index (χ2n) is 8.42. The van der Waals surface area contributed by atoms with E-state index in [2.05, 4.69) is 0 Å². The highest BCUT2D eigenvalue weighted by molar-refractivity contribution is 7.92. The number of carbonyl (C=O) groups is 1. The number of sulfonamides is 1. The Labute approximate surface area is 201 Å². The summed E-state index contributed by atoms with van der Waals surface area (Å²) in [6.45, 7) is 6.42. The van der Waals surface area contributed by atoms with Crippen molar-refractivity contribution in [3.05, 3.63) is 95.6 Å². The van der Waals surface area contributed by atoms with Crippen LogP contribution < -0.4 is 9.04 Å². The molecule has 0 atom stereocenters. The topological polar surface area (TPSA) is 83.9 Å². The van der Waals surface area contributed by atoms with Crippen molar-refractivity contribution < 1.29 is 23.1 Å². The third-order valence-corrected chi connectivity index (χ3v) is 6.83. The lowest BCUT2D eigenvalue weighted by atomic mass is 10.1. The summed E-state index contributed by atoms with van der Waals surface area (Å²) in [5, 5.41) is 8.76. The number of benzene rings is 3. The van der Waals surface area contributed by atoms with E-state index in [1.54, 1.807) is 48.5 Å². The Bertz CT molecular complexity index is 1250. The average molecular weight is 480 g/mol. The SMILES string of the molecule is Cc1ccc(N(CC(C)C)S(=O)(=O)c2ccccc2)c(OCc2ccc(/C=C/C(=O)O)cc2)c1. The van der Waals surface area contributed by atoms with Crippen LogP contribution in [-0.2, 0) is 21.4 Å². The average Bonchev–Trinajstić information content (AvgIpc) is 2.81. The summed E-state index contributed by atoms with van der Waals surface area (Å²) in [6, 6.07) is 21.2. The summed E-state index contributed by atoms with van der Waals surface area (Å²) in [6.07, 6.45) is 2.60. The number of nitrogens with zero attached hydrogens (tertiary/aromatic N) is 1. The molecule has 0 spiro atoms. The van der Waals surface area contributed by atoms with Crippen LogP contribution in [0.25, 0.3) is 6.08 Å². The molecule has 0 saturated carbocycles. The van der Waals surface area contributed by atoms with Gasteiger partial charge in [0.1, 0.15) is 12.4 Å². The highest BCUT2D eigenvalue weighted by Crippen LogP contribution is 2.34. The lowest BCUT2D eigenvalue weighted by Gasteiger charge is -2.28. The first-order chi connectivity index (χ1) is 16.2. The van der Waals surface area contributed by atoms with Gasteiger partial charge in [-0.05, 0) is 59.9 Å². The van der Waals surface area contributed by atoms with Crippen molar-refractivity contribution in [3.8, 4) is 5.75 Å². The van der Waals surface area contributed by atoms with Crippen LogP contribution in [-0.4, -0.2) is 26.0 Å². The van der Waals surface area contributed by atoms with Gasteiger partial charge in [0.2, 0.25) is 0 Å². The molecule has 34 heavy (non-hydrogen) atoms. The number of hydrogen-bond acceptors (Lipinski definition) is 4. The number of aryl methyl sites for hydroxylation is 1. The molecule has 178 valence electrons. The minimum atomic E-state index is -3.79. The van der Waals surface area contributed by atoms with Crippen LogP contribution in [0.4, 0.5) is 5.69 Å². The fourth-order valence-electron chi connectivity index (χ4n) is 3.37. The highest BCUT2D eigenvalue weighted by atomic mass is 32.2. The van der Waals surface area contributed by atoms with E-state index in [9.17, 15) is 13.2 Å². The molecule has 3 aromatic rings. The second-order valence-corrected chi connectivity index (χ2v) is 10.3. The maximum absolute atomic E-state index is 13.5. The predicted octanol–water partition coefficient (Wildman–Crippen LogP) is 5.52. The van der Waals surface area contributed by atoms with Crippen molar-refractivity contribution in [3.63, 3.8) is 0 Å². The first kappa shape index (κ1) is 25.1. The van der Waals surface area contributed by atoms with E-state index >= 15 is 0 Å². The van der Waals surface area contributed by atoms with Gasteiger partial charge in [0.25, 0.3) is 10.0 Å². The van der Waals surface area contributed by atoms with Gasteiger partial charge in [-0.1, -0.05) is 62.4 Å². The Hall–Kier alpha value is -3.58. The third kappa shape index (κ3) is 6.48. The molecule has 0 heterocycles. The zero-order valence-corrected chi connectivity index (χ0v) is 20.3. The van der Waals surface area contributed by atoms with Gasteiger partial charge in [-0.2, -0.15) is 0 Å². The number of hydrogen-bond donors (Lipinski definition) is 1. The molecule has 6 nitrogen and oxygen atoms in total. The molecular formula is C27H29NO5S. The number of carboxylic acid groups (broad SMARTS) is 1. The Morgan fingerprint density at radius 2 is 1.71 bits per heavy atom. The summed E-state index contributed by atoms with van der Waals surface area (Å²) in [7, 11) is -3.79. The molecule has 0 amide bonds. The van der Waals surface area contributed by atoms with Crippen LogP contribution in [0.5, 0.6) is 5.75 Å². The van der Waals surface area contributed by atoms with Crippen LogP contribution in [0.15, 0.2) is 83.8 Å². The Morgan fingerprint density at radius 3 is 2.32 bits per heavy atom. The third-order valence-electron chi connectivity index (χ3n) is 5.04. The molecule has 1 N–H and O–H groups in total. The van der Waals surface area contributed by atoms with Crippen molar-refractivity contribution in [1.82, 2.24) is 0 Å². The molecule has 0 radical (unpaired) electrons. The van der Waals surface area contributed by atoms with Gasteiger partial charge in [-0.25, -0.2) is 13.2 Å². The van der Waals surface area contributed by atoms with Gasteiger partial charge in [0.15, 0.2) is 0 Å². The van der Waals surface area contributed by atoms with E-state index in [4.69, 9.17) is 9.84 Å². The highest BCUT2D eigenvalue weighted by Gasteiger charge is 2.28. The number of rotatable bonds is 10. The van der Waals surface area contributed by atoms with Crippen molar-refractivity contribution in [2.45, 2.75) is 32.3 Å². The van der Waals surface area contributed by atoms with Gasteiger partial charge >= 0.3 is 5.97 Å². The summed E-state index contributed by atoms with van der Waals surface area (Å²) < 4.78 is 34.6. The largest absolute Gasteiger partial charge is 0.487 e. The van der Waals surface area contributed by atoms with E-state index in [1.807, 2.05) is 45.0 Å². The van der Waals surface area contributed by atoms with Crippen LogP contribution >= 0.6 is 0 Å². The second kappa shape index (κ2) is 11.0. The smallest absolute Gasteiger partial charge is 0.328 e. The molecule has 0 aromatic heterocycles. The quantitative estimate of drug-likeness (QED) is 0.387. The lowest BCUT2D eigenvalue weighted by Crippen LogP contribution is -2.34. The van der Waals surface area contributed by atoms with Gasteiger partial charge in [-0.3, -0.25) is 4.31 Å². The molecule has 0 unspecified atom stereocenters. The number of carboxylic acids is 1. The molecule has 0 aliphatic heterocycles. The first-order valence-corrected chi connectivity index (χ1v) is 12.4. The van der Waals surface area contributed by atoms with Gasteiger partial charge < -0.3 is 9.84 Å². The molecular weight excluding hydrogens is 450 g/mol. The van der Waals surface area contributed by atoms with Crippen molar-refractivity contribution >= 4 is 27.8 Å². The molecule has 0 fully saturated rings. The van der Waals surface area contributed by atoms with Gasteiger partial charge in [-0.15, -0.1) is 0 Å². The standard InChI is InChI=1S/C27H29NO5S/c1-20(2)18-28(34(31,32)24-7-5-4-6-8-24)25-15-9-21(3)17-26(25)33-19-23-12-10-22(11-13-23)14-16-27(29)30/h4-17,20H,18-19H2,1-3H3,(H,29,30)/b16-14+. The van der Waals surface area contributed by atoms with Crippen molar-refractivity contribution in [2.75, 3.05) is 10.8 Å². The van der Waals surface area contributed by atoms with Crippen molar-refractivity contribution in [1.29, 1.82) is 0 Å². The lowest BCUT2D eigenvalue weighted by molar-refractivity contribution is -0.131. The van der Waals surface area contributed by atoms with E-state index in [0.29, 0.717) is 18.0 Å². The van der Waals surface area contributed by atoms with E-state index in [-0.39, 0.29) is 17.4 Å². The summed E-state index contributed by atoms with van der Waals surface area (Å²) in [5.74, 6) is -0.426. The minimum absolute atomic E-state index is 0.0963. The van der Waals surface area contributed by atoms with Gasteiger partial charge in [0, 0.05) is 12.6 Å². The maximum Gasteiger partial charge on any atom is 0.328 e. The molecule has 7 heteroatoms. The predicted molar refractivity (Wildman–Crippen MR) is 134 cm³/mol. The van der Waals surface area contributed by atoms with Crippen LogP contribution in [0.1, 0.15) is 30.5 Å². The van der Waals surface area contributed by atoms with Gasteiger partial charge in [0.05, 0.1) is 10.6 Å². The maximum atomic E-state index is 13.5. The van der Waals surface area contributed by atoms with E-state index in [1.165, 1.54) is 10.4 Å². The Kier molecular flexibility index (Phi) is 8.12. The summed E-state index contributed by atoms with van der Waals surface area (Å²) >= 11 is 0. The zero-order valence-electron chi connectivity index (χ0n) is 19.5. The fraction of sp³-hybridized carbons (Fsp3) is 0.222. The Balaban J connectivity index is 1.91. The van der Waals surface area contributed by atoms with Crippen LogP contribution in [0.2, 0.25) is 0 Å². The molecule has 0 saturated heterocycles. The monoisotopic (exact) mass is 479 g/mol. The number of aliphatic carboxylic acids is 1. The molecule has 0 aliphatic carbocycles. The van der Waals surface area contributed by atoms with E-state index in [0.717, 1.165) is 22.8 Å². The number of ether oxygens (including phenoxy) is 1. The molecule has 0 aliphatic rings. The zero-order chi connectivity index (χ0) is 24.7. The molecule has 3 rings (SSSR count). The van der Waals surface area contributed by atoms with Crippen molar-refractivity contribution in [2.24, 2.45) is 5.92 Å². The minimum Gasteiger partial charge on any atom is -0.487 e. The normalized spacial score (nSPS) is 11.6. The summed E-state index contributed by atoms with van der Waals surface area (Å²) in [5.41, 5.74) is 3.08. The van der Waals surface area contributed by atoms with Crippen LogP contribution in [0, 0.1) is 12.8 Å². The molecule has 3 aromatic carbocycles. The first-order valence-electron chi connectivity index (χ1n) is 11.0. The number of anilines is 1. The molecule has 0 bridgehead atoms.